The second-order valence-corrected chi connectivity index (χ2v) is 5.04. The molecule has 3 rings (SSSR count). The number of hydrogen-bond acceptors (Lipinski definition) is 2. The van der Waals surface area contributed by atoms with Crippen LogP contribution < -0.4 is 0 Å². The lowest BCUT2D eigenvalue weighted by Gasteiger charge is -2.34. The van der Waals surface area contributed by atoms with Gasteiger partial charge < -0.3 is 5.11 Å². The van der Waals surface area contributed by atoms with E-state index < -0.39 is 5.60 Å². The van der Waals surface area contributed by atoms with Crippen molar-refractivity contribution in [1.29, 1.82) is 0 Å². The van der Waals surface area contributed by atoms with Crippen LogP contribution >= 0.6 is 0 Å². The first kappa shape index (κ1) is 11.4. The molecule has 2 nitrogen and oxygen atoms in total. The highest BCUT2D eigenvalue weighted by atomic mass is 16.3. The van der Waals surface area contributed by atoms with Gasteiger partial charge in [-0.25, -0.2) is 0 Å². The maximum atomic E-state index is 10.9. The maximum absolute atomic E-state index is 10.9. The molecule has 1 aromatic carbocycles. The first-order valence-corrected chi connectivity index (χ1v) is 6.49. The Morgan fingerprint density at radius 2 is 1.94 bits per heavy atom. The van der Waals surface area contributed by atoms with Crippen LogP contribution in [0.4, 0.5) is 0 Å². The largest absolute Gasteiger partial charge is 0.385 e. The lowest BCUT2D eigenvalue weighted by Crippen LogP contribution is -2.33. The molecule has 18 heavy (non-hydrogen) atoms. The number of pyridine rings is 1. The van der Waals surface area contributed by atoms with Crippen molar-refractivity contribution in [3.8, 4) is 0 Å². The third kappa shape index (κ3) is 2.04. The molecular formula is C16H17NO. The number of rotatable bonds is 2. The molecule has 1 aliphatic rings. The molecule has 0 amide bonds. The topological polar surface area (TPSA) is 33.1 Å². The molecule has 0 radical (unpaired) electrons. The van der Waals surface area contributed by atoms with E-state index in [0.29, 0.717) is 6.42 Å². The number of aromatic nitrogens is 1. The minimum atomic E-state index is -0.747. The molecule has 2 heteroatoms. The lowest BCUT2D eigenvalue weighted by molar-refractivity contribution is 0.0181. The highest BCUT2D eigenvalue weighted by molar-refractivity contribution is 5.35. The van der Waals surface area contributed by atoms with E-state index in [-0.39, 0.29) is 0 Å². The number of aliphatic hydroxyl groups is 1. The molecule has 0 saturated heterocycles. The van der Waals surface area contributed by atoms with Crippen molar-refractivity contribution in [2.75, 3.05) is 0 Å². The molecular weight excluding hydrogens is 222 g/mol. The molecule has 1 atom stereocenters. The highest BCUT2D eigenvalue weighted by Crippen LogP contribution is 2.37. The van der Waals surface area contributed by atoms with E-state index in [2.05, 4.69) is 17.1 Å². The van der Waals surface area contributed by atoms with Gasteiger partial charge in [0.1, 0.15) is 0 Å². The van der Waals surface area contributed by atoms with E-state index in [4.69, 9.17) is 0 Å². The minimum Gasteiger partial charge on any atom is -0.385 e. The van der Waals surface area contributed by atoms with E-state index in [1.54, 1.807) is 6.20 Å². The molecule has 0 fully saturated rings. The first-order valence-electron chi connectivity index (χ1n) is 6.49. The van der Waals surface area contributed by atoms with Gasteiger partial charge >= 0.3 is 0 Å². The summed E-state index contributed by atoms with van der Waals surface area (Å²) in [5, 5.41) is 10.9. The molecule has 0 aliphatic heterocycles. The summed E-state index contributed by atoms with van der Waals surface area (Å²) < 4.78 is 0. The monoisotopic (exact) mass is 239 g/mol. The number of hydrogen-bond donors (Lipinski definition) is 1. The first-order chi connectivity index (χ1) is 8.78. The average molecular weight is 239 g/mol. The van der Waals surface area contributed by atoms with Gasteiger partial charge in [0.2, 0.25) is 0 Å². The van der Waals surface area contributed by atoms with Gasteiger partial charge in [0.05, 0.1) is 5.60 Å². The van der Waals surface area contributed by atoms with E-state index in [9.17, 15) is 5.11 Å². The Bertz CT molecular complexity index is 538. The summed E-state index contributed by atoms with van der Waals surface area (Å²) in [5.41, 5.74) is 2.57. The summed E-state index contributed by atoms with van der Waals surface area (Å²) >= 11 is 0. The second-order valence-electron chi connectivity index (χ2n) is 5.04. The van der Waals surface area contributed by atoms with Crippen LogP contribution in [0.25, 0.3) is 0 Å². The van der Waals surface area contributed by atoms with Gasteiger partial charge in [0.25, 0.3) is 0 Å². The fourth-order valence-corrected chi connectivity index (χ4v) is 2.88. The zero-order valence-electron chi connectivity index (χ0n) is 10.3. The molecule has 1 unspecified atom stereocenters. The summed E-state index contributed by atoms with van der Waals surface area (Å²) in [5.74, 6) is 0. The quantitative estimate of drug-likeness (QED) is 0.874. The number of aryl methyl sites for hydroxylation is 1. The number of benzene rings is 1. The van der Waals surface area contributed by atoms with Crippen molar-refractivity contribution in [2.45, 2.75) is 31.3 Å². The molecule has 2 aromatic rings. The number of fused-ring (bicyclic) bond motifs is 1. The predicted octanol–water partition coefficient (Wildman–Crippen LogP) is 2.85. The van der Waals surface area contributed by atoms with Crippen LogP contribution in [0.3, 0.4) is 0 Å². The summed E-state index contributed by atoms with van der Waals surface area (Å²) in [6.45, 7) is 0. The van der Waals surface area contributed by atoms with E-state index in [1.165, 1.54) is 5.56 Å². The third-order valence-electron chi connectivity index (χ3n) is 3.75. The van der Waals surface area contributed by atoms with Crippen molar-refractivity contribution in [1.82, 2.24) is 4.98 Å². The van der Waals surface area contributed by atoms with Crippen molar-refractivity contribution >= 4 is 0 Å². The Morgan fingerprint density at radius 3 is 2.78 bits per heavy atom. The maximum Gasteiger partial charge on any atom is 0.0954 e. The predicted molar refractivity (Wildman–Crippen MR) is 71.2 cm³/mol. The Kier molecular flexibility index (Phi) is 2.88. The van der Waals surface area contributed by atoms with Gasteiger partial charge in [0.15, 0.2) is 0 Å². The highest BCUT2D eigenvalue weighted by Gasteiger charge is 2.34. The van der Waals surface area contributed by atoms with Crippen LogP contribution in [0.2, 0.25) is 0 Å². The zero-order chi connectivity index (χ0) is 12.4. The Morgan fingerprint density at radius 1 is 1.11 bits per heavy atom. The molecule has 0 saturated carbocycles. The van der Waals surface area contributed by atoms with Crippen molar-refractivity contribution < 1.29 is 5.11 Å². The third-order valence-corrected chi connectivity index (χ3v) is 3.75. The van der Waals surface area contributed by atoms with Crippen molar-refractivity contribution in [3.63, 3.8) is 0 Å². The Balaban J connectivity index is 1.96. The summed E-state index contributed by atoms with van der Waals surface area (Å²) in [4.78, 5) is 4.33. The zero-order valence-corrected chi connectivity index (χ0v) is 10.3. The summed E-state index contributed by atoms with van der Waals surface area (Å²) in [6.07, 6.45) is 5.32. The van der Waals surface area contributed by atoms with Crippen molar-refractivity contribution in [3.05, 3.63) is 65.5 Å². The van der Waals surface area contributed by atoms with E-state index in [0.717, 1.165) is 30.5 Å². The molecule has 1 aromatic heterocycles. The Hall–Kier alpha value is -1.67. The molecule has 1 N–H and O–H groups in total. The average Bonchev–Trinajstić information content (AvgIpc) is 2.40. The molecule has 0 spiro atoms. The van der Waals surface area contributed by atoms with Crippen LogP contribution in [0.5, 0.6) is 0 Å². The van der Waals surface area contributed by atoms with Gasteiger partial charge in [-0.05, 0) is 42.5 Å². The van der Waals surface area contributed by atoms with Gasteiger partial charge in [-0.3, -0.25) is 4.98 Å². The Labute approximate surface area is 107 Å². The van der Waals surface area contributed by atoms with E-state index >= 15 is 0 Å². The lowest BCUT2D eigenvalue weighted by atomic mass is 9.76. The van der Waals surface area contributed by atoms with Crippen molar-refractivity contribution in [2.24, 2.45) is 0 Å². The molecule has 1 heterocycles. The molecule has 1 aliphatic carbocycles. The van der Waals surface area contributed by atoms with Crippen LogP contribution in [0.15, 0.2) is 48.7 Å². The fraction of sp³-hybridized carbons (Fsp3) is 0.312. The minimum absolute atomic E-state index is 0.602. The van der Waals surface area contributed by atoms with Gasteiger partial charge in [-0.1, -0.05) is 30.3 Å². The smallest absolute Gasteiger partial charge is 0.0954 e. The van der Waals surface area contributed by atoms with Gasteiger partial charge in [-0.2, -0.15) is 0 Å². The SMILES string of the molecule is OC1(Cc2ccccn2)CCCc2ccccc21. The van der Waals surface area contributed by atoms with Gasteiger partial charge in [-0.15, -0.1) is 0 Å². The second kappa shape index (κ2) is 4.54. The van der Waals surface area contributed by atoms with E-state index in [1.807, 2.05) is 30.3 Å². The molecule has 0 bridgehead atoms. The summed E-state index contributed by atoms with van der Waals surface area (Å²) in [6, 6.07) is 14.1. The molecule has 92 valence electrons. The van der Waals surface area contributed by atoms with Crippen LogP contribution in [-0.2, 0) is 18.4 Å². The summed E-state index contributed by atoms with van der Waals surface area (Å²) in [7, 11) is 0. The van der Waals surface area contributed by atoms with Crippen LogP contribution in [0.1, 0.15) is 29.7 Å². The fourth-order valence-electron chi connectivity index (χ4n) is 2.88. The normalized spacial score (nSPS) is 22.5. The van der Waals surface area contributed by atoms with Crippen LogP contribution in [-0.4, -0.2) is 10.1 Å². The standard InChI is InChI=1S/C16H17NO/c18-16(12-14-8-3-4-11-17-14)10-5-7-13-6-1-2-9-15(13)16/h1-4,6,8-9,11,18H,5,7,10,12H2. The van der Waals surface area contributed by atoms with Crippen LogP contribution in [0, 0.1) is 0 Å². The number of nitrogens with zero attached hydrogens (tertiary/aromatic N) is 1. The van der Waals surface area contributed by atoms with Gasteiger partial charge in [0, 0.05) is 18.3 Å².